The van der Waals surface area contributed by atoms with Gasteiger partial charge in [-0.15, -0.1) is 0 Å². The number of ether oxygens (including phenoxy) is 1. The van der Waals surface area contributed by atoms with Crippen LogP contribution in [0.3, 0.4) is 0 Å². The molecule has 0 fully saturated rings. The number of rotatable bonds is 5. The Morgan fingerprint density at radius 1 is 1.10 bits per heavy atom. The second-order valence-corrected chi connectivity index (χ2v) is 5.37. The number of para-hydroxylation sites is 1. The van der Waals surface area contributed by atoms with E-state index in [2.05, 4.69) is 10.6 Å². The molecule has 21 heavy (non-hydrogen) atoms. The lowest BCUT2D eigenvalue weighted by atomic mass is 10.2. The van der Waals surface area contributed by atoms with Gasteiger partial charge in [0.15, 0.2) is 0 Å². The molecule has 1 heterocycles. The molecule has 4 heteroatoms. The maximum Gasteiger partial charge on any atom is 0.121 e. The summed E-state index contributed by atoms with van der Waals surface area (Å²) in [5.41, 5.74) is 7.60. The fraction of sp³-hybridized carbons (Fsp3) is 0.176. The third kappa shape index (κ3) is 3.14. The predicted octanol–water partition coefficient (Wildman–Crippen LogP) is 4.35. The Hall–Kier alpha value is -2.13. The molecule has 0 aliphatic rings. The third-order valence-corrected chi connectivity index (χ3v) is 3.71. The zero-order valence-corrected chi connectivity index (χ0v) is 12.4. The molecule has 0 amide bonds. The van der Waals surface area contributed by atoms with Crippen LogP contribution in [0.2, 0.25) is 5.02 Å². The van der Waals surface area contributed by atoms with E-state index in [0.717, 1.165) is 40.3 Å². The molecular formula is C17H17ClN2O. The third-order valence-electron chi connectivity index (χ3n) is 3.41. The first kappa shape index (κ1) is 13.8. The van der Waals surface area contributed by atoms with Crippen molar-refractivity contribution in [2.75, 3.05) is 12.3 Å². The van der Waals surface area contributed by atoms with Crippen molar-refractivity contribution in [1.29, 1.82) is 0 Å². The molecule has 0 saturated carbocycles. The first-order valence-corrected chi connectivity index (χ1v) is 7.33. The standard InChI is InChI=1S/C17H17ClN2O/c18-16-12-20(17-8-2-1-7-15(16)17)9-4-10-21-14-6-3-5-13(19)11-14/h1-3,5-8,11-12H,4,9-10,19H2. The van der Waals surface area contributed by atoms with E-state index < -0.39 is 0 Å². The molecule has 3 aromatic rings. The van der Waals surface area contributed by atoms with Crippen LogP contribution < -0.4 is 10.5 Å². The Kier molecular flexibility index (Phi) is 4.02. The number of benzene rings is 2. The molecule has 0 atom stereocenters. The minimum absolute atomic E-state index is 0.646. The molecular weight excluding hydrogens is 284 g/mol. The SMILES string of the molecule is Nc1cccc(OCCCn2cc(Cl)c3ccccc32)c1. The summed E-state index contributed by atoms with van der Waals surface area (Å²) in [7, 11) is 0. The van der Waals surface area contributed by atoms with Crippen LogP contribution in [0.4, 0.5) is 5.69 Å². The van der Waals surface area contributed by atoms with Gasteiger partial charge >= 0.3 is 0 Å². The van der Waals surface area contributed by atoms with Crippen molar-refractivity contribution < 1.29 is 4.74 Å². The lowest BCUT2D eigenvalue weighted by Crippen LogP contribution is -2.03. The highest BCUT2D eigenvalue weighted by atomic mass is 35.5. The quantitative estimate of drug-likeness (QED) is 0.562. The number of nitrogens with two attached hydrogens (primary N) is 1. The molecule has 2 N–H and O–H groups in total. The lowest BCUT2D eigenvalue weighted by Gasteiger charge is -2.08. The van der Waals surface area contributed by atoms with E-state index in [4.69, 9.17) is 22.1 Å². The Morgan fingerprint density at radius 3 is 2.81 bits per heavy atom. The average Bonchev–Trinajstić information content (AvgIpc) is 2.81. The van der Waals surface area contributed by atoms with Crippen LogP contribution >= 0.6 is 11.6 Å². The van der Waals surface area contributed by atoms with Gasteiger partial charge in [-0.2, -0.15) is 0 Å². The van der Waals surface area contributed by atoms with Gasteiger partial charge in [-0.25, -0.2) is 0 Å². The molecule has 0 aliphatic heterocycles. The highest BCUT2D eigenvalue weighted by molar-refractivity contribution is 6.35. The number of halogens is 1. The van der Waals surface area contributed by atoms with E-state index in [0.29, 0.717) is 6.61 Å². The van der Waals surface area contributed by atoms with Gasteiger partial charge in [-0.1, -0.05) is 35.9 Å². The molecule has 0 aliphatic carbocycles. The summed E-state index contributed by atoms with van der Waals surface area (Å²) in [6.07, 6.45) is 2.89. The van der Waals surface area contributed by atoms with Gasteiger partial charge < -0.3 is 15.0 Å². The molecule has 0 radical (unpaired) electrons. The van der Waals surface area contributed by atoms with E-state index in [9.17, 15) is 0 Å². The molecule has 3 rings (SSSR count). The van der Waals surface area contributed by atoms with Crippen LogP contribution in [0, 0.1) is 0 Å². The van der Waals surface area contributed by atoms with Crippen molar-refractivity contribution in [2.24, 2.45) is 0 Å². The van der Waals surface area contributed by atoms with Crippen molar-refractivity contribution in [1.82, 2.24) is 4.57 Å². The maximum absolute atomic E-state index is 6.24. The van der Waals surface area contributed by atoms with Crippen molar-refractivity contribution >= 4 is 28.2 Å². The number of aryl methyl sites for hydroxylation is 1. The van der Waals surface area contributed by atoms with Crippen LogP contribution in [0.5, 0.6) is 5.75 Å². The number of fused-ring (bicyclic) bond motifs is 1. The minimum Gasteiger partial charge on any atom is -0.493 e. The predicted molar refractivity (Wildman–Crippen MR) is 87.9 cm³/mol. The number of nitrogens with zero attached hydrogens (tertiary/aromatic N) is 1. The van der Waals surface area contributed by atoms with Crippen LogP contribution in [0.1, 0.15) is 6.42 Å². The number of hydrogen-bond donors (Lipinski definition) is 1. The van der Waals surface area contributed by atoms with E-state index in [1.54, 1.807) is 0 Å². The van der Waals surface area contributed by atoms with Crippen LogP contribution in [-0.2, 0) is 6.54 Å². The Morgan fingerprint density at radius 2 is 1.95 bits per heavy atom. The normalized spacial score (nSPS) is 10.9. The van der Waals surface area contributed by atoms with Gasteiger partial charge in [0, 0.05) is 35.4 Å². The highest BCUT2D eigenvalue weighted by Crippen LogP contribution is 2.25. The summed E-state index contributed by atoms with van der Waals surface area (Å²) in [6.45, 7) is 1.52. The molecule has 3 nitrogen and oxygen atoms in total. The average molecular weight is 301 g/mol. The van der Waals surface area contributed by atoms with E-state index in [1.165, 1.54) is 0 Å². The van der Waals surface area contributed by atoms with E-state index >= 15 is 0 Å². The van der Waals surface area contributed by atoms with E-state index in [1.807, 2.05) is 48.7 Å². The van der Waals surface area contributed by atoms with Crippen LogP contribution in [0.25, 0.3) is 10.9 Å². The first-order valence-electron chi connectivity index (χ1n) is 6.96. The zero-order chi connectivity index (χ0) is 14.7. The summed E-state index contributed by atoms with van der Waals surface area (Å²) in [4.78, 5) is 0. The molecule has 0 saturated heterocycles. The van der Waals surface area contributed by atoms with Gasteiger partial charge in [-0.05, 0) is 24.6 Å². The van der Waals surface area contributed by atoms with Gasteiger partial charge in [-0.3, -0.25) is 0 Å². The van der Waals surface area contributed by atoms with Crippen molar-refractivity contribution in [3.05, 3.63) is 59.8 Å². The van der Waals surface area contributed by atoms with Gasteiger partial charge in [0.1, 0.15) is 5.75 Å². The second-order valence-electron chi connectivity index (χ2n) is 4.96. The minimum atomic E-state index is 0.646. The lowest BCUT2D eigenvalue weighted by molar-refractivity contribution is 0.303. The summed E-state index contributed by atoms with van der Waals surface area (Å²) in [5, 5.41) is 1.89. The van der Waals surface area contributed by atoms with Crippen LogP contribution in [0.15, 0.2) is 54.7 Å². The summed E-state index contributed by atoms with van der Waals surface area (Å²) in [6, 6.07) is 15.6. The molecule has 0 spiro atoms. The smallest absolute Gasteiger partial charge is 0.121 e. The second kappa shape index (κ2) is 6.10. The highest BCUT2D eigenvalue weighted by Gasteiger charge is 2.05. The number of hydrogen-bond acceptors (Lipinski definition) is 2. The summed E-state index contributed by atoms with van der Waals surface area (Å²) < 4.78 is 7.87. The Labute approximate surface area is 128 Å². The maximum atomic E-state index is 6.24. The molecule has 0 bridgehead atoms. The summed E-state index contributed by atoms with van der Waals surface area (Å²) >= 11 is 6.24. The zero-order valence-electron chi connectivity index (χ0n) is 11.6. The number of aromatic nitrogens is 1. The molecule has 0 unspecified atom stereocenters. The van der Waals surface area contributed by atoms with Crippen molar-refractivity contribution in [3.63, 3.8) is 0 Å². The van der Waals surface area contributed by atoms with Gasteiger partial charge in [0.2, 0.25) is 0 Å². The molecule has 1 aromatic heterocycles. The summed E-state index contributed by atoms with van der Waals surface area (Å²) in [5.74, 6) is 0.811. The van der Waals surface area contributed by atoms with Crippen molar-refractivity contribution in [3.8, 4) is 5.75 Å². The van der Waals surface area contributed by atoms with Crippen molar-refractivity contribution in [2.45, 2.75) is 13.0 Å². The number of nitrogen functional groups attached to an aromatic ring is 1. The van der Waals surface area contributed by atoms with Gasteiger partial charge in [0.25, 0.3) is 0 Å². The fourth-order valence-corrected chi connectivity index (χ4v) is 2.69. The Bertz CT molecular complexity index is 751. The first-order chi connectivity index (χ1) is 10.2. The monoisotopic (exact) mass is 300 g/mol. The topological polar surface area (TPSA) is 40.2 Å². The van der Waals surface area contributed by atoms with Gasteiger partial charge in [0.05, 0.1) is 11.6 Å². The molecule has 2 aromatic carbocycles. The molecule has 108 valence electrons. The largest absolute Gasteiger partial charge is 0.493 e. The fourth-order valence-electron chi connectivity index (χ4n) is 2.42. The van der Waals surface area contributed by atoms with Crippen LogP contribution in [-0.4, -0.2) is 11.2 Å². The Balaban J connectivity index is 1.60. The number of anilines is 1. The van der Waals surface area contributed by atoms with E-state index in [-0.39, 0.29) is 0 Å².